The average molecular weight is 374 g/mol. The predicted molar refractivity (Wildman–Crippen MR) is 109 cm³/mol. The van der Waals surface area contributed by atoms with E-state index < -0.39 is 0 Å². The first kappa shape index (κ1) is 17.9. The van der Waals surface area contributed by atoms with E-state index in [-0.39, 0.29) is 5.91 Å². The summed E-state index contributed by atoms with van der Waals surface area (Å²) < 4.78 is 1.91. The molecular formula is C21H22N6O. The molecule has 0 saturated carbocycles. The molecule has 142 valence electrons. The molecule has 0 atom stereocenters. The zero-order valence-corrected chi connectivity index (χ0v) is 16.0. The SMILES string of the molecule is CC1=NN(c2ccc(C(=O)NCc3ccc(-n4ccnc4C)nc3)cc2)CC1. The summed E-state index contributed by atoms with van der Waals surface area (Å²) in [7, 11) is 0. The van der Waals surface area contributed by atoms with E-state index >= 15 is 0 Å². The van der Waals surface area contributed by atoms with Crippen LogP contribution in [0.15, 0.2) is 60.1 Å². The van der Waals surface area contributed by atoms with Gasteiger partial charge in [0.25, 0.3) is 5.91 Å². The highest BCUT2D eigenvalue weighted by atomic mass is 16.1. The van der Waals surface area contributed by atoms with Gasteiger partial charge in [-0.25, -0.2) is 9.97 Å². The summed E-state index contributed by atoms with van der Waals surface area (Å²) in [5.74, 6) is 1.58. The summed E-state index contributed by atoms with van der Waals surface area (Å²) in [6.45, 7) is 5.27. The summed E-state index contributed by atoms with van der Waals surface area (Å²) >= 11 is 0. The van der Waals surface area contributed by atoms with Crippen molar-refractivity contribution < 1.29 is 4.79 Å². The third kappa shape index (κ3) is 3.78. The molecule has 1 aliphatic heterocycles. The maximum Gasteiger partial charge on any atom is 0.251 e. The van der Waals surface area contributed by atoms with Gasteiger partial charge in [-0.15, -0.1) is 0 Å². The molecule has 0 bridgehead atoms. The summed E-state index contributed by atoms with van der Waals surface area (Å²) in [5, 5.41) is 9.38. The van der Waals surface area contributed by atoms with Crippen LogP contribution in [0, 0.1) is 6.92 Å². The van der Waals surface area contributed by atoms with Crippen molar-refractivity contribution in [2.45, 2.75) is 26.8 Å². The third-order valence-electron chi connectivity index (χ3n) is 4.74. The van der Waals surface area contributed by atoms with Gasteiger partial charge in [-0.3, -0.25) is 14.4 Å². The van der Waals surface area contributed by atoms with Crippen LogP contribution in [0.2, 0.25) is 0 Å². The first-order chi connectivity index (χ1) is 13.6. The van der Waals surface area contributed by atoms with Gasteiger partial charge in [0.1, 0.15) is 11.6 Å². The number of rotatable bonds is 5. The maximum atomic E-state index is 12.4. The Hall–Kier alpha value is -3.48. The number of aromatic nitrogens is 3. The van der Waals surface area contributed by atoms with E-state index in [2.05, 4.69) is 20.4 Å². The maximum absolute atomic E-state index is 12.4. The minimum absolute atomic E-state index is 0.109. The molecule has 7 nitrogen and oxygen atoms in total. The minimum atomic E-state index is -0.109. The monoisotopic (exact) mass is 374 g/mol. The Bertz CT molecular complexity index is 1000. The number of nitrogens with one attached hydrogen (secondary N) is 1. The number of aryl methyl sites for hydroxylation is 1. The van der Waals surface area contributed by atoms with Gasteiger partial charge in [-0.1, -0.05) is 6.07 Å². The van der Waals surface area contributed by atoms with Crippen molar-refractivity contribution in [3.63, 3.8) is 0 Å². The highest BCUT2D eigenvalue weighted by Gasteiger charge is 2.13. The Morgan fingerprint density at radius 1 is 1.11 bits per heavy atom. The number of benzene rings is 1. The number of amides is 1. The molecule has 1 aliphatic rings. The lowest BCUT2D eigenvalue weighted by atomic mass is 10.2. The van der Waals surface area contributed by atoms with Crippen molar-refractivity contribution >= 4 is 17.3 Å². The number of anilines is 1. The second-order valence-electron chi connectivity index (χ2n) is 6.81. The molecule has 3 aromatic rings. The van der Waals surface area contributed by atoms with Crippen LogP contribution in [0.1, 0.15) is 35.1 Å². The first-order valence-corrected chi connectivity index (χ1v) is 9.25. The fraction of sp³-hybridized carbons (Fsp3) is 0.238. The molecule has 28 heavy (non-hydrogen) atoms. The Labute approximate surface area is 163 Å². The Morgan fingerprint density at radius 2 is 1.93 bits per heavy atom. The smallest absolute Gasteiger partial charge is 0.251 e. The van der Waals surface area contributed by atoms with Gasteiger partial charge in [0.15, 0.2) is 0 Å². The van der Waals surface area contributed by atoms with Crippen LogP contribution < -0.4 is 10.3 Å². The lowest BCUT2D eigenvalue weighted by Gasteiger charge is -2.14. The third-order valence-corrected chi connectivity index (χ3v) is 4.74. The molecular weight excluding hydrogens is 352 g/mol. The number of imidazole rings is 1. The molecule has 3 heterocycles. The normalized spacial score (nSPS) is 13.5. The molecule has 1 N–H and O–H groups in total. The first-order valence-electron chi connectivity index (χ1n) is 9.25. The standard InChI is InChI=1S/C21H22N6O/c1-15-9-11-27(25-15)19-6-4-18(5-7-19)21(28)24-14-17-3-8-20(23-13-17)26-12-10-22-16(26)2/h3-8,10,12-13H,9,11,14H2,1-2H3,(H,24,28). The second kappa shape index (κ2) is 7.64. The van der Waals surface area contributed by atoms with Crippen molar-refractivity contribution in [2.24, 2.45) is 5.10 Å². The van der Waals surface area contributed by atoms with Crippen LogP contribution in [-0.4, -0.2) is 32.7 Å². The summed E-state index contributed by atoms with van der Waals surface area (Å²) in [5.41, 5.74) is 3.70. The second-order valence-corrected chi connectivity index (χ2v) is 6.81. The molecule has 4 rings (SSSR count). The topological polar surface area (TPSA) is 75.4 Å². The van der Waals surface area contributed by atoms with E-state index in [0.29, 0.717) is 12.1 Å². The van der Waals surface area contributed by atoms with Crippen LogP contribution in [0.4, 0.5) is 5.69 Å². The van der Waals surface area contributed by atoms with E-state index in [1.165, 1.54) is 0 Å². The van der Waals surface area contributed by atoms with Crippen LogP contribution in [0.3, 0.4) is 0 Å². The van der Waals surface area contributed by atoms with E-state index in [9.17, 15) is 4.79 Å². The fourth-order valence-electron chi connectivity index (χ4n) is 3.11. The van der Waals surface area contributed by atoms with Gasteiger partial charge in [-0.05, 0) is 49.7 Å². The summed E-state index contributed by atoms with van der Waals surface area (Å²) in [4.78, 5) is 21.1. The van der Waals surface area contributed by atoms with Crippen LogP contribution in [0.5, 0.6) is 0 Å². The van der Waals surface area contributed by atoms with E-state index in [4.69, 9.17) is 0 Å². The molecule has 1 aromatic carbocycles. The van der Waals surface area contributed by atoms with Crippen molar-refractivity contribution in [2.75, 3.05) is 11.6 Å². The number of nitrogens with zero attached hydrogens (tertiary/aromatic N) is 5. The minimum Gasteiger partial charge on any atom is -0.348 e. The molecule has 0 unspecified atom stereocenters. The number of carbonyl (C=O) groups excluding carboxylic acids is 1. The predicted octanol–water partition coefficient (Wildman–Crippen LogP) is 3.09. The molecule has 0 aliphatic carbocycles. The van der Waals surface area contributed by atoms with Crippen LogP contribution in [-0.2, 0) is 6.54 Å². The van der Waals surface area contributed by atoms with Gasteiger partial charge in [0.05, 0.1) is 5.69 Å². The van der Waals surface area contributed by atoms with Crippen molar-refractivity contribution in [3.05, 3.63) is 71.9 Å². The number of carbonyl (C=O) groups is 1. The summed E-state index contributed by atoms with van der Waals surface area (Å²) in [6, 6.07) is 11.4. The van der Waals surface area contributed by atoms with E-state index in [1.54, 1.807) is 12.4 Å². The van der Waals surface area contributed by atoms with Crippen LogP contribution >= 0.6 is 0 Å². The number of pyridine rings is 1. The summed E-state index contributed by atoms with van der Waals surface area (Å²) in [6.07, 6.45) is 6.37. The number of hydrazone groups is 1. The van der Waals surface area contributed by atoms with E-state index in [1.807, 2.05) is 66.0 Å². The highest BCUT2D eigenvalue weighted by Crippen LogP contribution is 2.20. The van der Waals surface area contributed by atoms with Crippen molar-refractivity contribution in [1.82, 2.24) is 19.9 Å². The van der Waals surface area contributed by atoms with Gasteiger partial charge >= 0.3 is 0 Å². The average Bonchev–Trinajstić information content (AvgIpc) is 3.35. The highest BCUT2D eigenvalue weighted by molar-refractivity contribution is 5.94. The quantitative estimate of drug-likeness (QED) is 0.745. The molecule has 7 heteroatoms. The van der Waals surface area contributed by atoms with Gasteiger partial charge < -0.3 is 5.32 Å². The van der Waals surface area contributed by atoms with Crippen LogP contribution in [0.25, 0.3) is 5.82 Å². The Balaban J connectivity index is 1.36. The molecule has 0 fully saturated rings. The molecule has 0 spiro atoms. The number of hydrogen-bond acceptors (Lipinski definition) is 5. The van der Waals surface area contributed by atoms with Crippen molar-refractivity contribution in [3.8, 4) is 5.82 Å². The molecule has 0 radical (unpaired) electrons. The van der Waals surface area contributed by atoms with Gasteiger partial charge in [0, 0.05) is 49.4 Å². The van der Waals surface area contributed by atoms with E-state index in [0.717, 1.165) is 41.6 Å². The molecule has 2 aromatic heterocycles. The molecule has 0 saturated heterocycles. The number of hydrogen-bond donors (Lipinski definition) is 1. The van der Waals surface area contributed by atoms with Gasteiger partial charge in [-0.2, -0.15) is 5.10 Å². The van der Waals surface area contributed by atoms with Gasteiger partial charge in [0.2, 0.25) is 0 Å². The molecule has 1 amide bonds. The zero-order chi connectivity index (χ0) is 19.5. The lowest BCUT2D eigenvalue weighted by Crippen LogP contribution is -2.23. The largest absolute Gasteiger partial charge is 0.348 e. The fourth-order valence-corrected chi connectivity index (χ4v) is 3.11. The van der Waals surface area contributed by atoms with Crippen molar-refractivity contribution in [1.29, 1.82) is 0 Å². The lowest BCUT2D eigenvalue weighted by molar-refractivity contribution is 0.0951. The zero-order valence-electron chi connectivity index (χ0n) is 16.0. The Morgan fingerprint density at radius 3 is 2.54 bits per heavy atom. The Kier molecular flexibility index (Phi) is 4.89.